The largest absolute Gasteiger partial charge is 0.342 e. The molecule has 20 heavy (non-hydrogen) atoms. The molecule has 1 amide bonds. The first-order valence-corrected chi connectivity index (χ1v) is 9.37. The Hall–Kier alpha value is -0.440. The molecule has 2 rings (SSSR count). The van der Waals surface area contributed by atoms with Crippen molar-refractivity contribution in [3.05, 3.63) is 14.7 Å². The summed E-state index contributed by atoms with van der Waals surface area (Å²) in [5, 5.41) is 0. The lowest BCUT2D eigenvalue weighted by atomic mass is 10.4. The number of sulfonamides is 1. The van der Waals surface area contributed by atoms with Gasteiger partial charge in [-0.05, 0) is 41.8 Å². The number of hydrogen-bond donors (Lipinski definition) is 0. The third kappa shape index (κ3) is 3.24. The van der Waals surface area contributed by atoms with Crippen LogP contribution in [-0.2, 0) is 14.8 Å². The Bertz CT molecular complexity index is 606. The van der Waals surface area contributed by atoms with Gasteiger partial charge < -0.3 is 4.90 Å². The molecule has 0 N–H and O–H groups in total. The van der Waals surface area contributed by atoms with E-state index in [1.165, 1.54) is 18.4 Å². The van der Waals surface area contributed by atoms with Crippen molar-refractivity contribution in [3.63, 3.8) is 0 Å². The first-order valence-electron chi connectivity index (χ1n) is 6.32. The van der Waals surface area contributed by atoms with Crippen LogP contribution in [0.3, 0.4) is 0 Å². The summed E-state index contributed by atoms with van der Waals surface area (Å²) in [5.74, 6) is -0.125. The van der Waals surface area contributed by atoms with Crippen LogP contribution in [0.25, 0.3) is 0 Å². The van der Waals surface area contributed by atoms with E-state index in [1.54, 1.807) is 17.9 Å². The lowest BCUT2D eigenvalue weighted by Gasteiger charge is -2.21. The average Bonchev–Trinajstić information content (AvgIpc) is 2.98. The van der Waals surface area contributed by atoms with Gasteiger partial charge in [-0.2, -0.15) is 4.31 Å². The number of halogens is 1. The summed E-state index contributed by atoms with van der Waals surface area (Å²) < 4.78 is 26.8. The maximum Gasteiger partial charge on any atom is 0.244 e. The van der Waals surface area contributed by atoms with Gasteiger partial charge in [-0.25, -0.2) is 8.42 Å². The first-order chi connectivity index (χ1) is 9.32. The second kappa shape index (κ2) is 6.13. The highest BCUT2D eigenvalue weighted by Gasteiger charge is 2.28. The molecule has 0 aromatic carbocycles. The number of nitrogens with zero attached hydrogens (tertiary/aromatic N) is 2. The molecule has 1 aliphatic rings. The molecule has 1 saturated heterocycles. The van der Waals surface area contributed by atoms with Crippen molar-refractivity contribution < 1.29 is 13.2 Å². The van der Waals surface area contributed by atoms with Crippen molar-refractivity contribution >= 4 is 43.2 Å². The van der Waals surface area contributed by atoms with Crippen LogP contribution in [0.5, 0.6) is 0 Å². The van der Waals surface area contributed by atoms with E-state index in [9.17, 15) is 13.2 Å². The zero-order valence-electron chi connectivity index (χ0n) is 11.4. The molecule has 0 radical (unpaired) electrons. The minimum Gasteiger partial charge on any atom is -0.342 e. The number of carbonyl (C=O) groups excluding carboxylic acids is 1. The molecule has 1 aromatic rings. The minimum atomic E-state index is -3.61. The van der Waals surface area contributed by atoms with Gasteiger partial charge >= 0.3 is 0 Å². The maximum atomic E-state index is 12.5. The van der Waals surface area contributed by atoms with E-state index in [-0.39, 0.29) is 17.3 Å². The normalized spacial score (nSPS) is 16.1. The highest BCUT2D eigenvalue weighted by molar-refractivity contribution is 9.11. The zero-order chi connectivity index (χ0) is 14.9. The zero-order valence-corrected chi connectivity index (χ0v) is 14.6. The molecule has 112 valence electrons. The fraction of sp³-hybridized carbons (Fsp3) is 0.583. The molecule has 2 heterocycles. The predicted molar refractivity (Wildman–Crippen MR) is 82.4 cm³/mol. The Labute approximate surface area is 131 Å². The number of carbonyl (C=O) groups is 1. The van der Waals surface area contributed by atoms with Crippen molar-refractivity contribution in [1.82, 2.24) is 9.21 Å². The van der Waals surface area contributed by atoms with E-state index >= 15 is 0 Å². The number of rotatable bonds is 4. The molecule has 1 fully saturated rings. The molecular weight excluding hydrogens is 364 g/mol. The topological polar surface area (TPSA) is 57.7 Å². The second-order valence-corrected chi connectivity index (χ2v) is 9.47. The lowest BCUT2D eigenvalue weighted by Crippen LogP contribution is -2.39. The quantitative estimate of drug-likeness (QED) is 0.802. The molecule has 0 atom stereocenters. The Morgan fingerprint density at radius 2 is 2.05 bits per heavy atom. The fourth-order valence-corrected chi connectivity index (χ4v) is 5.70. The molecule has 0 aliphatic carbocycles. The van der Waals surface area contributed by atoms with Crippen LogP contribution in [0, 0.1) is 6.92 Å². The summed E-state index contributed by atoms with van der Waals surface area (Å²) in [5.41, 5.74) is 0. The molecule has 5 nitrogen and oxygen atoms in total. The number of likely N-dealkylation sites (tertiary alicyclic amines) is 1. The molecule has 1 aliphatic heterocycles. The number of likely N-dealkylation sites (N-methyl/N-ethyl adjacent to an activating group) is 1. The monoisotopic (exact) mass is 380 g/mol. The van der Waals surface area contributed by atoms with Gasteiger partial charge in [0, 0.05) is 25.0 Å². The highest BCUT2D eigenvalue weighted by atomic mass is 79.9. The van der Waals surface area contributed by atoms with Crippen LogP contribution in [0.1, 0.15) is 17.7 Å². The SMILES string of the molecule is Cc1sc(Br)cc1S(=O)(=O)N(C)CC(=O)N1CCCC1. The van der Waals surface area contributed by atoms with Gasteiger partial charge in [0.2, 0.25) is 15.9 Å². The molecule has 0 unspecified atom stereocenters. The van der Waals surface area contributed by atoms with Gasteiger partial charge in [-0.15, -0.1) is 11.3 Å². The van der Waals surface area contributed by atoms with Crippen molar-refractivity contribution in [2.75, 3.05) is 26.7 Å². The lowest BCUT2D eigenvalue weighted by molar-refractivity contribution is -0.130. The summed E-state index contributed by atoms with van der Waals surface area (Å²) in [7, 11) is -2.15. The summed E-state index contributed by atoms with van der Waals surface area (Å²) in [6, 6.07) is 1.59. The molecule has 8 heteroatoms. The van der Waals surface area contributed by atoms with Gasteiger partial charge in [0.1, 0.15) is 0 Å². The fourth-order valence-electron chi connectivity index (χ4n) is 2.20. The van der Waals surface area contributed by atoms with Gasteiger partial charge in [0.05, 0.1) is 15.2 Å². The Morgan fingerprint density at radius 3 is 2.55 bits per heavy atom. The molecule has 0 spiro atoms. The Kier molecular flexibility index (Phi) is 4.88. The van der Waals surface area contributed by atoms with Crippen LogP contribution in [0.15, 0.2) is 14.7 Å². The maximum absolute atomic E-state index is 12.5. The van der Waals surface area contributed by atoms with Gasteiger partial charge in [0.25, 0.3) is 0 Å². The average molecular weight is 381 g/mol. The van der Waals surface area contributed by atoms with Crippen LogP contribution in [0.2, 0.25) is 0 Å². The number of aryl methyl sites for hydroxylation is 1. The number of hydrogen-bond acceptors (Lipinski definition) is 4. The molecule has 1 aromatic heterocycles. The minimum absolute atomic E-state index is 0.102. The molecular formula is C12H17BrN2O3S2. The van der Waals surface area contributed by atoms with Gasteiger partial charge in [-0.1, -0.05) is 0 Å². The number of thiophene rings is 1. The number of amides is 1. The van der Waals surface area contributed by atoms with Crippen LogP contribution < -0.4 is 0 Å². The second-order valence-electron chi connectivity index (χ2n) is 4.82. The van der Waals surface area contributed by atoms with E-state index in [4.69, 9.17) is 0 Å². The van der Waals surface area contributed by atoms with Crippen LogP contribution in [-0.4, -0.2) is 50.2 Å². The molecule has 0 saturated carbocycles. The summed E-state index contributed by atoms with van der Waals surface area (Å²) in [4.78, 5) is 14.8. The summed E-state index contributed by atoms with van der Waals surface area (Å²) >= 11 is 4.66. The predicted octanol–water partition coefficient (Wildman–Crippen LogP) is 2.06. The first kappa shape index (κ1) is 15.9. The van der Waals surface area contributed by atoms with Crippen LogP contribution in [0.4, 0.5) is 0 Å². The smallest absolute Gasteiger partial charge is 0.244 e. The van der Waals surface area contributed by atoms with E-state index in [0.29, 0.717) is 0 Å². The highest BCUT2D eigenvalue weighted by Crippen LogP contribution is 2.31. The van der Waals surface area contributed by atoms with Crippen molar-refractivity contribution in [1.29, 1.82) is 0 Å². The standard InChI is InChI=1S/C12H17BrN2O3S2/c1-9-10(7-11(13)19-9)20(17,18)14(2)8-12(16)15-5-3-4-6-15/h7H,3-6,8H2,1-2H3. The van der Waals surface area contributed by atoms with E-state index in [2.05, 4.69) is 15.9 Å². The third-order valence-electron chi connectivity index (χ3n) is 3.35. The van der Waals surface area contributed by atoms with E-state index < -0.39 is 10.0 Å². The Balaban J connectivity index is 2.13. The van der Waals surface area contributed by atoms with E-state index in [1.807, 2.05) is 0 Å². The Morgan fingerprint density at radius 1 is 1.45 bits per heavy atom. The van der Waals surface area contributed by atoms with Gasteiger partial charge in [-0.3, -0.25) is 4.79 Å². The van der Waals surface area contributed by atoms with Gasteiger partial charge in [0.15, 0.2) is 0 Å². The third-order valence-corrected chi connectivity index (χ3v) is 6.96. The summed E-state index contributed by atoms with van der Waals surface area (Å²) in [6.45, 7) is 3.12. The van der Waals surface area contributed by atoms with Crippen molar-refractivity contribution in [2.45, 2.75) is 24.7 Å². The van der Waals surface area contributed by atoms with Crippen LogP contribution >= 0.6 is 27.3 Å². The van der Waals surface area contributed by atoms with Crippen molar-refractivity contribution in [2.24, 2.45) is 0 Å². The van der Waals surface area contributed by atoms with Crippen molar-refractivity contribution in [3.8, 4) is 0 Å². The van der Waals surface area contributed by atoms with E-state index in [0.717, 1.165) is 38.9 Å². The summed E-state index contributed by atoms with van der Waals surface area (Å²) in [6.07, 6.45) is 2.00. The molecule has 0 bridgehead atoms.